The summed E-state index contributed by atoms with van der Waals surface area (Å²) in [7, 11) is 0. The fourth-order valence-electron chi connectivity index (χ4n) is 1.56. The van der Waals surface area contributed by atoms with Gasteiger partial charge in [-0.25, -0.2) is 0 Å². The minimum absolute atomic E-state index is 0.0603. The maximum atomic E-state index is 8.89. The average Bonchev–Trinajstić information content (AvgIpc) is 2.92. The molecule has 0 radical (unpaired) electrons. The van der Waals surface area contributed by atoms with E-state index in [-0.39, 0.29) is 26.1 Å². The van der Waals surface area contributed by atoms with Crippen LogP contribution in [0.1, 0.15) is 0 Å². The first kappa shape index (κ1) is 12.5. The summed E-state index contributed by atoms with van der Waals surface area (Å²) in [6.45, 7) is 0. The van der Waals surface area contributed by atoms with E-state index in [2.05, 4.69) is 7.96 Å². The van der Waals surface area contributed by atoms with E-state index in [1.54, 1.807) is 24.3 Å². The Bertz CT molecular complexity index is 845. The van der Waals surface area contributed by atoms with E-state index < -0.39 is 0 Å². The molecule has 6 nitrogen and oxygen atoms in total. The molecule has 0 spiro atoms. The van der Waals surface area contributed by atoms with Crippen LogP contribution < -0.4 is 10.4 Å². The molecule has 0 saturated heterocycles. The molecule has 0 aliphatic carbocycles. The summed E-state index contributed by atoms with van der Waals surface area (Å²) in [6, 6.07) is 10.2. The molecule has 1 heterocycles. The molecule has 0 amide bonds. The van der Waals surface area contributed by atoms with E-state index in [9.17, 15) is 0 Å². The summed E-state index contributed by atoms with van der Waals surface area (Å²) in [4.78, 5) is 0. The number of nitrogens with zero attached hydrogens (tertiary/aromatic N) is 6. The van der Waals surface area contributed by atoms with Crippen molar-refractivity contribution in [2.24, 2.45) is 0 Å². The number of hydrogen-bond donors (Lipinski definition) is 0. The van der Waals surface area contributed by atoms with E-state index in [0.717, 1.165) is 0 Å². The fourth-order valence-corrected chi connectivity index (χ4v) is 2.76. The molecule has 0 aliphatic heterocycles. The van der Waals surface area contributed by atoms with Crippen molar-refractivity contribution < 1.29 is 0 Å². The summed E-state index contributed by atoms with van der Waals surface area (Å²) in [5.74, 6) is 0. The van der Waals surface area contributed by atoms with Gasteiger partial charge >= 0.3 is 113 Å². The molecule has 0 aliphatic rings. The summed E-state index contributed by atoms with van der Waals surface area (Å²) in [6.07, 6.45) is 0. The van der Waals surface area contributed by atoms with Crippen LogP contribution in [0.3, 0.4) is 0 Å². The molecule has 1 aromatic carbocycles. The van der Waals surface area contributed by atoms with E-state index >= 15 is 0 Å². The summed E-state index contributed by atoms with van der Waals surface area (Å²) in [5.41, 5.74) is 0.710. The Labute approximate surface area is 113 Å². The molecule has 7 heteroatoms. The zero-order valence-electron chi connectivity index (χ0n) is 9.25. The number of nitriles is 4. The molecule has 0 saturated carbocycles. The van der Waals surface area contributed by atoms with Gasteiger partial charge in [0.25, 0.3) is 0 Å². The van der Waals surface area contributed by atoms with E-state index in [1.807, 2.05) is 0 Å². The topological polar surface area (TPSA) is 121 Å². The van der Waals surface area contributed by atoms with Gasteiger partial charge < -0.3 is 0 Å². The molecule has 0 N–H and O–H groups in total. The van der Waals surface area contributed by atoms with Gasteiger partial charge in [-0.3, -0.25) is 0 Å². The molecular formula is C12H2N6Se. The van der Waals surface area contributed by atoms with Crippen LogP contribution in [0.15, 0.2) is 12.1 Å². The van der Waals surface area contributed by atoms with Crippen LogP contribution in [-0.2, 0) is 0 Å². The Morgan fingerprint density at radius 1 is 0.789 bits per heavy atom. The first-order chi connectivity index (χ1) is 9.26. The summed E-state index contributed by atoms with van der Waals surface area (Å²) >= 11 is -0.390. The summed E-state index contributed by atoms with van der Waals surface area (Å²) in [5, 5.41) is 36.4. The Kier molecular flexibility index (Phi) is 3.37. The first-order valence-corrected chi connectivity index (χ1v) is 6.40. The van der Waals surface area contributed by atoms with Crippen LogP contribution in [0.4, 0.5) is 0 Å². The third kappa shape index (κ3) is 1.97. The second-order valence-electron chi connectivity index (χ2n) is 3.32. The van der Waals surface area contributed by atoms with Crippen molar-refractivity contribution in [3.63, 3.8) is 0 Å². The number of hydrogen-bond acceptors (Lipinski definition) is 6. The molecule has 2 rings (SSSR count). The van der Waals surface area contributed by atoms with Gasteiger partial charge in [0.1, 0.15) is 0 Å². The third-order valence-corrected chi connectivity index (χ3v) is 3.51. The van der Waals surface area contributed by atoms with Crippen LogP contribution in [0.2, 0.25) is 0 Å². The van der Waals surface area contributed by atoms with Gasteiger partial charge in [-0.05, 0) is 0 Å². The maximum absolute atomic E-state index is 8.89. The number of rotatable bonds is 0. The number of aromatic nitrogens is 2. The fraction of sp³-hybridized carbons (Fsp3) is 0. The van der Waals surface area contributed by atoms with E-state index in [1.165, 1.54) is 12.1 Å². The van der Waals surface area contributed by atoms with Crippen LogP contribution in [0.25, 0.3) is 22.2 Å². The van der Waals surface area contributed by atoms with Gasteiger partial charge in [-0.2, -0.15) is 0 Å². The van der Waals surface area contributed by atoms with Crippen molar-refractivity contribution in [3.8, 4) is 24.3 Å². The first-order valence-electron chi connectivity index (χ1n) is 4.87. The van der Waals surface area contributed by atoms with Crippen molar-refractivity contribution >= 4 is 37.1 Å². The van der Waals surface area contributed by atoms with E-state index in [0.29, 0.717) is 21.5 Å². The van der Waals surface area contributed by atoms with Crippen molar-refractivity contribution in [2.45, 2.75) is 0 Å². The van der Waals surface area contributed by atoms with Crippen LogP contribution in [0.5, 0.6) is 0 Å². The zero-order chi connectivity index (χ0) is 13.8. The van der Waals surface area contributed by atoms with Crippen molar-refractivity contribution in [2.75, 3.05) is 0 Å². The monoisotopic (exact) mass is 310 g/mol. The number of fused-ring (bicyclic) bond motifs is 1. The minimum atomic E-state index is -0.390. The molecule has 0 fully saturated rings. The Morgan fingerprint density at radius 2 is 1.16 bits per heavy atom. The molecule has 0 bridgehead atoms. The molecule has 19 heavy (non-hydrogen) atoms. The second-order valence-corrected chi connectivity index (χ2v) is 4.43. The van der Waals surface area contributed by atoms with Gasteiger partial charge in [0.2, 0.25) is 0 Å². The standard InChI is InChI=1S/C12H2N6Se/c13-3-7(4-14)9-1-2-10(8(5-15)6-16)12-11(9)17-19-18-12/h1-2H. The Balaban J connectivity index is 3.15. The predicted molar refractivity (Wildman–Crippen MR) is 65.0 cm³/mol. The predicted octanol–water partition coefficient (Wildman–Crippen LogP) is -0.917. The molecule has 2 aromatic rings. The van der Waals surface area contributed by atoms with Crippen LogP contribution in [-0.4, -0.2) is 22.9 Å². The molecule has 0 atom stereocenters. The quantitative estimate of drug-likeness (QED) is 0.580. The van der Waals surface area contributed by atoms with Crippen LogP contribution in [0, 0.1) is 45.3 Å². The zero-order valence-corrected chi connectivity index (χ0v) is 11.0. The van der Waals surface area contributed by atoms with Crippen LogP contribution >= 0.6 is 0 Å². The Morgan fingerprint density at radius 3 is 1.47 bits per heavy atom. The molecule has 1 aromatic heterocycles. The SMILES string of the molecule is N#CC(C#N)=c1ccc(=C(C#N)C#N)c2n[se]nc12. The van der Waals surface area contributed by atoms with Crippen molar-refractivity contribution in [1.29, 1.82) is 21.0 Å². The van der Waals surface area contributed by atoms with Crippen molar-refractivity contribution in [3.05, 3.63) is 22.6 Å². The van der Waals surface area contributed by atoms with Gasteiger partial charge in [0.05, 0.1) is 0 Å². The van der Waals surface area contributed by atoms with Gasteiger partial charge in [0.15, 0.2) is 0 Å². The van der Waals surface area contributed by atoms with Gasteiger partial charge in [-0.1, -0.05) is 0 Å². The normalized spacial score (nSPS) is 8.84. The van der Waals surface area contributed by atoms with Gasteiger partial charge in [0, 0.05) is 0 Å². The molecule has 86 valence electrons. The molecule has 0 unspecified atom stereocenters. The average molecular weight is 309 g/mol. The van der Waals surface area contributed by atoms with E-state index in [4.69, 9.17) is 21.0 Å². The second kappa shape index (κ2) is 5.13. The third-order valence-electron chi connectivity index (χ3n) is 2.40. The summed E-state index contributed by atoms with van der Waals surface area (Å²) < 4.78 is 8.34. The Hall–Kier alpha value is -2.96. The number of benzene rings is 1. The van der Waals surface area contributed by atoms with Gasteiger partial charge in [-0.15, -0.1) is 0 Å². The van der Waals surface area contributed by atoms with Crippen molar-refractivity contribution in [1.82, 2.24) is 7.96 Å². The molecular weight excluding hydrogens is 307 g/mol.